The van der Waals surface area contributed by atoms with E-state index in [1.54, 1.807) is 6.07 Å². The molecule has 0 atom stereocenters. The highest BCUT2D eigenvalue weighted by molar-refractivity contribution is 9.10. The van der Waals surface area contributed by atoms with Gasteiger partial charge in [0.05, 0.1) is 0 Å². The third-order valence-corrected chi connectivity index (χ3v) is 3.53. The minimum atomic E-state index is -0.0533. The molecule has 0 bridgehead atoms. The van der Waals surface area contributed by atoms with Gasteiger partial charge in [-0.3, -0.25) is 4.79 Å². The van der Waals surface area contributed by atoms with Gasteiger partial charge >= 0.3 is 0 Å². The Kier molecular flexibility index (Phi) is 4.55. The smallest absolute Gasteiger partial charge is 0.201 e. The summed E-state index contributed by atoms with van der Waals surface area (Å²) >= 11 is 6.70. The lowest BCUT2D eigenvalue weighted by atomic mass is 10.1. The van der Waals surface area contributed by atoms with Crippen LogP contribution in [-0.4, -0.2) is 12.4 Å². The molecule has 0 aliphatic carbocycles. The second kappa shape index (κ2) is 6.16. The third-order valence-electron chi connectivity index (χ3n) is 2.34. The first-order chi connectivity index (χ1) is 8.66. The summed E-state index contributed by atoms with van der Waals surface area (Å²) in [6.07, 6.45) is 0. The molecule has 0 saturated carbocycles. The van der Waals surface area contributed by atoms with E-state index in [4.69, 9.17) is 4.74 Å². The summed E-state index contributed by atoms with van der Waals surface area (Å²) in [7, 11) is 0. The number of ether oxygens (including phenoxy) is 1. The number of carbonyl (C=O) groups is 1. The Morgan fingerprint density at radius 1 is 1.06 bits per heavy atom. The predicted octanol–water partition coefficient (Wildman–Crippen LogP) is 4.47. The van der Waals surface area contributed by atoms with E-state index in [2.05, 4.69) is 31.9 Å². The zero-order valence-corrected chi connectivity index (χ0v) is 12.6. The maximum Gasteiger partial charge on any atom is 0.201 e. The van der Waals surface area contributed by atoms with Crippen LogP contribution in [0.3, 0.4) is 0 Å². The molecule has 0 aliphatic heterocycles. The Balaban J connectivity index is 2.03. The zero-order chi connectivity index (χ0) is 13.0. The third kappa shape index (κ3) is 3.43. The van der Waals surface area contributed by atoms with E-state index >= 15 is 0 Å². The number of hydrogen-bond acceptors (Lipinski definition) is 2. The molecule has 92 valence electrons. The first-order valence-corrected chi connectivity index (χ1v) is 6.91. The van der Waals surface area contributed by atoms with E-state index in [9.17, 15) is 4.79 Å². The van der Waals surface area contributed by atoms with Crippen LogP contribution in [0.1, 0.15) is 10.4 Å². The lowest BCUT2D eigenvalue weighted by Gasteiger charge is -2.07. The van der Waals surface area contributed by atoms with Gasteiger partial charge in [0.15, 0.2) is 6.61 Å². The summed E-state index contributed by atoms with van der Waals surface area (Å²) in [5.74, 6) is 0.618. The molecule has 0 heterocycles. The number of rotatable bonds is 4. The molecule has 4 heteroatoms. The minimum Gasteiger partial charge on any atom is -0.485 e. The molecule has 0 fully saturated rings. The van der Waals surface area contributed by atoms with Crippen molar-refractivity contribution in [1.82, 2.24) is 0 Å². The van der Waals surface area contributed by atoms with Crippen molar-refractivity contribution in [3.8, 4) is 5.75 Å². The van der Waals surface area contributed by atoms with Crippen molar-refractivity contribution in [2.24, 2.45) is 0 Å². The fourth-order valence-corrected chi connectivity index (χ4v) is 2.35. The molecule has 0 amide bonds. The van der Waals surface area contributed by atoms with Gasteiger partial charge in [0.1, 0.15) is 5.75 Å². The molecule has 0 aliphatic rings. The summed E-state index contributed by atoms with van der Waals surface area (Å²) in [4.78, 5) is 12.0. The first-order valence-electron chi connectivity index (χ1n) is 5.33. The van der Waals surface area contributed by atoms with E-state index in [1.165, 1.54) is 0 Å². The molecule has 2 aromatic rings. The second-order valence-electron chi connectivity index (χ2n) is 3.65. The predicted molar refractivity (Wildman–Crippen MR) is 78.1 cm³/mol. The van der Waals surface area contributed by atoms with Crippen LogP contribution in [0.5, 0.6) is 5.75 Å². The van der Waals surface area contributed by atoms with Crippen LogP contribution in [-0.2, 0) is 0 Å². The molecule has 0 aromatic heterocycles. The van der Waals surface area contributed by atoms with Gasteiger partial charge < -0.3 is 4.74 Å². The monoisotopic (exact) mass is 368 g/mol. The Bertz CT molecular complexity index is 567. The van der Waals surface area contributed by atoms with Crippen molar-refractivity contribution in [1.29, 1.82) is 0 Å². The van der Waals surface area contributed by atoms with Crippen LogP contribution in [0.2, 0.25) is 0 Å². The minimum absolute atomic E-state index is 0.0269. The van der Waals surface area contributed by atoms with Crippen molar-refractivity contribution < 1.29 is 9.53 Å². The average molecular weight is 370 g/mol. The van der Waals surface area contributed by atoms with E-state index < -0.39 is 0 Å². The normalized spacial score (nSPS) is 10.1. The molecule has 2 nitrogen and oxygen atoms in total. The van der Waals surface area contributed by atoms with Gasteiger partial charge in [-0.15, -0.1) is 0 Å². The van der Waals surface area contributed by atoms with Gasteiger partial charge in [0, 0.05) is 14.5 Å². The van der Waals surface area contributed by atoms with Crippen molar-refractivity contribution in [2.75, 3.05) is 6.61 Å². The lowest BCUT2D eigenvalue weighted by molar-refractivity contribution is 0.0920. The highest BCUT2D eigenvalue weighted by Crippen LogP contribution is 2.19. The summed E-state index contributed by atoms with van der Waals surface area (Å²) in [6, 6.07) is 14.7. The van der Waals surface area contributed by atoms with E-state index in [0.29, 0.717) is 11.3 Å². The van der Waals surface area contributed by atoms with Gasteiger partial charge in [-0.05, 0) is 24.3 Å². The highest BCUT2D eigenvalue weighted by atomic mass is 79.9. The van der Waals surface area contributed by atoms with Crippen molar-refractivity contribution in [2.45, 2.75) is 0 Å². The average Bonchev–Trinajstić information content (AvgIpc) is 2.37. The molecule has 2 aromatic carbocycles. The van der Waals surface area contributed by atoms with Crippen molar-refractivity contribution >= 4 is 37.6 Å². The molecular formula is C14H10Br2O2. The lowest BCUT2D eigenvalue weighted by Crippen LogP contribution is -2.12. The quantitative estimate of drug-likeness (QED) is 0.743. The molecule has 0 saturated heterocycles. The number of ketones is 1. The topological polar surface area (TPSA) is 26.3 Å². The number of halogens is 2. The first kappa shape index (κ1) is 13.3. The van der Waals surface area contributed by atoms with Gasteiger partial charge in [-0.2, -0.15) is 0 Å². The van der Waals surface area contributed by atoms with Crippen LogP contribution in [0, 0.1) is 0 Å². The van der Waals surface area contributed by atoms with Crippen LogP contribution in [0.15, 0.2) is 57.5 Å². The van der Waals surface area contributed by atoms with Gasteiger partial charge in [-0.25, -0.2) is 0 Å². The maximum absolute atomic E-state index is 12.0. The SMILES string of the molecule is O=C(COc1cccc(Br)c1)c1ccccc1Br. The molecule has 18 heavy (non-hydrogen) atoms. The summed E-state index contributed by atoms with van der Waals surface area (Å²) in [6.45, 7) is 0.0269. The Hall–Kier alpha value is -1.13. The Labute approximate surface area is 122 Å². The zero-order valence-electron chi connectivity index (χ0n) is 9.40. The molecular weight excluding hydrogens is 360 g/mol. The van der Waals surface area contributed by atoms with Crippen LogP contribution >= 0.6 is 31.9 Å². The fourth-order valence-electron chi connectivity index (χ4n) is 1.47. The molecule has 0 unspecified atom stereocenters. The van der Waals surface area contributed by atoms with Crippen LogP contribution in [0.25, 0.3) is 0 Å². The number of carbonyl (C=O) groups excluding carboxylic acids is 1. The van der Waals surface area contributed by atoms with E-state index in [1.807, 2.05) is 42.5 Å². The van der Waals surface area contributed by atoms with Crippen LogP contribution in [0.4, 0.5) is 0 Å². The summed E-state index contributed by atoms with van der Waals surface area (Å²) in [5.41, 5.74) is 0.632. The van der Waals surface area contributed by atoms with E-state index in [-0.39, 0.29) is 12.4 Å². The van der Waals surface area contributed by atoms with Crippen molar-refractivity contribution in [3.05, 3.63) is 63.0 Å². The largest absolute Gasteiger partial charge is 0.485 e. The standard InChI is InChI=1S/C14H10Br2O2/c15-10-4-3-5-11(8-10)18-9-14(17)12-6-1-2-7-13(12)16/h1-8H,9H2. The summed E-state index contributed by atoms with van der Waals surface area (Å²) < 4.78 is 7.17. The molecule has 2 rings (SSSR count). The molecule has 0 N–H and O–H groups in total. The Morgan fingerprint density at radius 3 is 2.56 bits per heavy atom. The van der Waals surface area contributed by atoms with Crippen LogP contribution < -0.4 is 4.74 Å². The van der Waals surface area contributed by atoms with Gasteiger partial charge in [0.2, 0.25) is 5.78 Å². The number of hydrogen-bond donors (Lipinski definition) is 0. The van der Waals surface area contributed by atoms with Gasteiger partial charge in [-0.1, -0.05) is 56.1 Å². The number of benzene rings is 2. The number of Topliss-reactive ketones (excluding diaryl/α,β-unsaturated/α-hetero) is 1. The highest BCUT2D eigenvalue weighted by Gasteiger charge is 2.10. The Morgan fingerprint density at radius 2 is 1.83 bits per heavy atom. The molecule has 0 radical (unpaired) electrons. The second-order valence-corrected chi connectivity index (χ2v) is 5.42. The summed E-state index contributed by atoms with van der Waals surface area (Å²) in [5, 5.41) is 0. The maximum atomic E-state index is 12.0. The van der Waals surface area contributed by atoms with Gasteiger partial charge in [0.25, 0.3) is 0 Å². The molecule has 0 spiro atoms. The fraction of sp³-hybridized carbons (Fsp3) is 0.0714. The van der Waals surface area contributed by atoms with Crippen molar-refractivity contribution in [3.63, 3.8) is 0 Å². The van der Waals surface area contributed by atoms with E-state index in [0.717, 1.165) is 8.95 Å².